The van der Waals surface area contributed by atoms with Crippen LogP contribution in [0.1, 0.15) is 27.2 Å². The van der Waals surface area contributed by atoms with Crippen LogP contribution in [0.15, 0.2) is 0 Å². The number of aliphatic hydroxyl groups is 9. The smallest absolute Gasteiger partial charge is 0.245 e. The van der Waals surface area contributed by atoms with E-state index in [2.05, 4.69) is 10.6 Å². The molecule has 234 valence electrons. The Balaban J connectivity index is 2.54. The highest BCUT2D eigenvalue weighted by molar-refractivity contribution is 5.87. The lowest BCUT2D eigenvalue weighted by molar-refractivity contribution is -0.346. The monoisotopic (exact) mass is 586 g/mol. The number of amides is 2. The number of hydrogen-bond donors (Lipinski definition) is 11. The topological polar surface area (TPSA) is 277 Å². The van der Waals surface area contributed by atoms with Crippen molar-refractivity contribution >= 4 is 11.8 Å². The number of aliphatic hydroxyl groups excluding tert-OH is 9. The minimum Gasteiger partial charge on any atom is -0.394 e. The van der Waals surface area contributed by atoms with Crippen LogP contribution >= 0.6 is 0 Å². The lowest BCUT2D eigenvalue weighted by Gasteiger charge is -2.45. The maximum absolute atomic E-state index is 13.2. The number of carbonyl (C=O) groups excluding carboxylic acids is 2. The highest BCUT2D eigenvalue weighted by Gasteiger charge is 2.51. The fraction of sp³-hybridized carbons (Fsp3) is 0.913. The van der Waals surface area contributed by atoms with Gasteiger partial charge in [-0.15, -0.1) is 0 Å². The average molecular weight is 587 g/mol. The summed E-state index contributed by atoms with van der Waals surface area (Å²) in [6, 6.07) is -1.73. The molecule has 17 heteroatoms. The zero-order valence-corrected chi connectivity index (χ0v) is 22.4. The van der Waals surface area contributed by atoms with Crippen molar-refractivity contribution in [2.24, 2.45) is 0 Å². The normalized spacial score (nSPS) is 37.7. The maximum atomic E-state index is 13.2. The summed E-state index contributed by atoms with van der Waals surface area (Å²) in [5.41, 5.74) is 0. The van der Waals surface area contributed by atoms with Crippen LogP contribution in [0.3, 0.4) is 0 Å². The Kier molecular flexibility index (Phi) is 13.5. The van der Waals surface area contributed by atoms with Crippen molar-refractivity contribution in [1.29, 1.82) is 0 Å². The molecule has 0 aromatic carbocycles. The van der Waals surface area contributed by atoms with E-state index in [1.165, 1.54) is 6.92 Å². The van der Waals surface area contributed by atoms with Gasteiger partial charge in [-0.1, -0.05) is 6.92 Å². The van der Waals surface area contributed by atoms with Crippen LogP contribution in [0.4, 0.5) is 0 Å². The van der Waals surface area contributed by atoms with Gasteiger partial charge in [-0.05, 0) is 13.3 Å². The summed E-state index contributed by atoms with van der Waals surface area (Å²) in [5.74, 6) is -1.61. The lowest BCUT2D eigenvalue weighted by atomic mass is 9.96. The lowest BCUT2D eigenvalue weighted by Crippen LogP contribution is -2.66. The summed E-state index contributed by atoms with van der Waals surface area (Å²) >= 11 is 0. The Morgan fingerprint density at radius 2 is 1.40 bits per heavy atom. The first kappa shape index (κ1) is 34.6. The van der Waals surface area contributed by atoms with Crippen LogP contribution in [0.5, 0.6) is 0 Å². The third-order valence-corrected chi connectivity index (χ3v) is 6.65. The van der Waals surface area contributed by atoms with Crippen LogP contribution in [0.2, 0.25) is 0 Å². The second-order valence-electron chi connectivity index (χ2n) is 9.80. The summed E-state index contributed by atoms with van der Waals surface area (Å²) < 4.78 is 22.3. The largest absolute Gasteiger partial charge is 0.394 e. The molecule has 2 fully saturated rings. The molecular weight excluding hydrogens is 544 g/mol. The molecule has 17 nitrogen and oxygen atoms in total. The van der Waals surface area contributed by atoms with E-state index in [4.69, 9.17) is 18.9 Å². The van der Waals surface area contributed by atoms with Gasteiger partial charge in [-0.25, -0.2) is 0 Å². The van der Waals surface area contributed by atoms with E-state index in [9.17, 15) is 55.5 Å². The molecule has 0 unspecified atom stereocenters. The molecule has 0 bridgehead atoms. The van der Waals surface area contributed by atoms with E-state index in [0.29, 0.717) is 6.42 Å². The second kappa shape index (κ2) is 15.6. The highest BCUT2D eigenvalue weighted by Crippen LogP contribution is 2.29. The molecule has 0 aliphatic carbocycles. The van der Waals surface area contributed by atoms with E-state index in [-0.39, 0.29) is 6.54 Å². The van der Waals surface area contributed by atoms with Gasteiger partial charge in [-0.2, -0.15) is 0 Å². The van der Waals surface area contributed by atoms with Gasteiger partial charge in [-0.3, -0.25) is 9.59 Å². The van der Waals surface area contributed by atoms with Crippen LogP contribution in [0, 0.1) is 0 Å². The fourth-order valence-electron chi connectivity index (χ4n) is 4.33. The van der Waals surface area contributed by atoms with Crippen molar-refractivity contribution < 1.29 is 74.5 Å². The number of rotatable bonds is 13. The molecule has 0 aromatic rings. The summed E-state index contributed by atoms with van der Waals surface area (Å²) in [5, 5.41) is 96.5. The Labute approximate surface area is 230 Å². The van der Waals surface area contributed by atoms with Crippen molar-refractivity contribution in [3.05, 3.63) is 0 Å². The highest BCUT2D eigenvalue weighted by atomic mass is 16.7. The Morgan fingerprint density at radius 3 is 1.93 bits per heavy atom. The van der Waals surface area contributed by atoms with Crippen LogP contribution < -0.4 is 10.6 Å². The standard InChI is InChI=1S/C23H42N2O15/c1-4-5-24-21(36)12(25-9(3)28)20(40-23-18(35)16(33)14(31)11(7-27)38-23)19(10(29)6-26)39-22-17(34)15(32)13(30)8(2)37-22/h8,10-20,22-23,26-27,29-35H,4-7H2,1-3H3,(H,24,36)(H,25,28)/t8-,10+,11+,12+,13+,14-,15+,16-,17-,18+,19+,20+,22-,23-/m0/s1. The molecule has 2 saturated heterocycles. The van der Waals surface area contributed by atoms with E-state index in [1.54, 1.807) is 6.92 Å². The minimum absolute atomic E-state index is 0.141. The molecule has 2 rings (SSSR count). The molecule has 2 heterocycles. The van der Waals surface area contributed by atoms with Crippen LogP contribution in [-0.2, 0) is 28.5 Å². The molecule has 2 aliphatic heterocycles. The molecule has 2 aliphatic rings. The van der Waals surface area contributed by atoms with Gasteiger partial charge < -0.3 is 75.5 Å². The summed E-state index contributed by atoms with van der Waals surface area (Å²) in [4.78, 5) is 25.3. The van der Waals surface area contributed by atoms with Crippen LogP contribution in [0.25, 0.3) is 0 Å². The van der Waals surface area contributed by atoms with Gasteiger partial charge in [0.1, 0.15) is 67.1 Å². The van der Waals surface area contributed by atoms with Gasteiger partial charge in [0, 0.05) is 13.5 Å². The summed E-state index contributed by atoms with van der Waals surface area (Å²) in [6.07, 6.45) is -22.1. The Hall–Kier alpha value is -1.58. The summed E-state index contributed by atoms with van der Waals surface area (Å²) in [6.45, 7) is 2.47. The summed E-state index contributed by atoms with van der Waals surface area (Å²) in [7, 11) is 0. The van der Waals surface area contributed by atoms with E-state index < -0.39 is 111 Å². The first-order valence-electron chi connectivity index (χ1n) is 12.9. The number of hydrogen-bond acceptors (Lipinski definition) is 15. The second-order valence-corrected chi connectivity index (χ2v) is 9.80. The van der Waals surface area contributed by atoms with Crippen molar-refractivity contribution in [1.82, 2.24) is 10.6 Å². The van der Waals surface area contributed by atoms with Gasteiger partial charge in [0.05, 0.1) is 19.3 Å². The number of ether oxygens (including phenoxy) is 4. The van der Waals surface area contributed by atoms with Gasteiger partial charge >= 0.3 is 0 Å². The van der Waals surface area contributed by atoms with E-state index in [1.807, 2.05) is 0 Å². The molecule has 0 saturated carbocycles. The van der Waals surface area contributed by atoms with Crippen molar-refractivity contribution in [3.63, 3.8) is 0 Å². The van der Waals surface area contributed by atoms with Gasteiger partial charge in [0.2, 0.25) is 11.8 Å². The van der Waals surface area contributed by atoms with Gasteiger partial charge in [0.15, 0.2) is 12.6 Å². The SMILES string of the molecule is CCCNC(=O)[C@H](NC(C)=O)[C@@H](O[C@@H]1O[C@H](CO)[C@H](O)[C@H](O)[C@H]1O)[C@H](O[C@@H]1O[C@@H](C)[C@@H](O)[C@@H](O)[C@@H]1O)[C@H](O)CO. The third kappa shape index (κ3) is 8.25. The average Bonchev–Trinajstić information content (AvgIpc) is 2.93. The predicted molar refractivity (Wildman–Crippen MR) is 130 cm³/mol. The molecule has 14 atom stereocenters. The number of carbonyl (C=O) groups is 2. The number of nitrogens with one attached hydrogen (secondary N) is 2. The Morgan fingerprint density at radius 1 is 0.850 bits per heavy atom. The van der Waals surface area contributed by atoms with Gasteiger partial charge in [0.25, 0.3) is 0 Å². The maximum Gasteiger partial charge on any atom is 0.245 e. The van der Waals surface area contributed by atoms with Crippen molar-refractivity contribution in [3.8, 4) is 0 Å². The van der Waals surface area contributed by atoms with Crippen molar-refractivity contribution in [2.75, 3.05) is 19.8 Å². The zero-order valence-electron chi connectivity index (χ0n) is 22.4. The minimum atomic E-state index is -1.97. The molecular formula is C23H42N2O15. The van der Waals surface area contributed by atoms with E-state index in [0.717, 1.165) is 6.92 Å². The predicted octanol–water partition coefficient (Wildman–Crippen LogP) is -6.23. The third-order valence-electron chi connectivity index (χ3n) is 6.65. The van der Waals surface area contributed by atoms with Crippen LogP contribution in [-0.4, -0.2) is 163 Å². The first-order valence-corrected chi connectivity index (χ1v) is 12.9. The molecule has 11 N–H and O–H groups in total. The molecule has 2 amide bonds. The molecule has 0 aromatic heterocycles. The molecule has 0 radical (unpaired) electrons. The molecule has 40 heavy (non-hydrogen) atoms. The Bertz CT molecular complexity index is 806. The molecule has 0 spiro atoms. The zero-order chi connectivity index (χ0) is 30.3. The van der Waals surface area contributed by atoms with E-state index >= 15 is 0 Å². The quantitative estimate of drug-likeness (QED) is 0.0957. The first-order chi connectivity index (χ1) is 18.8. The fourth-order valence-corrected chi connectivity index (χ4v) is 4.33. The van der Waals surface area contributed by atoms with Crippen molar-refractivity contribution in [2.45, 2.75) is 113 Å².